The lowest BCUT2D eigenvalue weighted by Crippen LogP contribution is -2.34. The zero-order valence-corrected chi connectivity index (χ0v) is 23.1. The van der Waals surface area contributed by atoms with Gasteiger partial charge in [-0.05, 0) is 74.4 Å². The summed E-state index contributed by atoms with van der Waals surface area (Å²) in [6, 6.07) is 13.5. The highest BCUT2D eigenvalue weighted by Gasteiger charge is 2.20. The van der Waals surface area contributed by atoms with Crippen molar-refractivity contribution < 1.29 is 4.74 Å². The van der Waals surface area contributed by atoms with Crippen LogP contribution in [0.1, 0.15) is 49.7 Å². The lowest BCUT2D eigenvalue weighted by Gasteiger charge is -2.30. The number of halogens is 2. The molecule has 3 aromatic rings. The average Bonchev–Trinajstić information content (AvgIpc) is 2.94. The number of nitrogens with zero attached hydrogens (tertiary/aromatic N) is 6. The lowest BCUT2D eigenvalue weighted by molar-refractivity contribution is 0.306. The van der Waals surface area contributed by atoms with Crippen LogP contribution in [0, 0.1) is 0 Å². The summed E-state index contributed by atoms with van der Waals surface area (Å²) in [5.41, 5.74) is 4.91. The van der Waals surface area contributed by atoms with Crippen molar-refractivity contribution in [2.75, 3.05) is 41.4 Å². The fraction of sp³-hybridized carbons (Fsp3) is 0.407. The zero-order valence-electron chi connectivity index (χ0n) is 20.7. The Balaban J connectivity index is 1.33. The molecule has 0 atom stereocenters. The van der Waals surface area contributed by atoms with Crippen LogP contribution in [0.15, 0.2) is 52.0 Å². The van der Waals surface area contributed by atoms with E-state index in [-0.39, 0.29) is 0 Å². The third kappa shape index (κ3) is 7.11. The molecule has 0 amide bonds. The molecule has 1 aromatic heterocycles. The summed E-state index contributed by atoms with van der Waals surface area (Å²) in [6.45, 7) is 4.31. The molecule has 2 fully saturated rings. The lowest BCUT2D eigenvalue weighted by atomic mass is 10.1. The number of anilines is 3. The van der Waals surface area contributed by atoms with E-state index in [9.17, 15) is 0 Å². The Labute approximate surface area is 231 Å². The molecule has 0 spiro atoms. The van der Waals surface area contributed by atoms with Gasteiger partial charge in [0.25, 0.3) is 0 Å². The van der Waals surface area contributed by atoms with Gasteiger partial charge in [0.15, 0.2) is 0 Å². The molecule has 2 aliphatic heterocycles. The highest BCUT2D eigenvalue weighted by Crippen LogP contribution is 2.25. The number of hydrazone groups is 1. The first-order valence-electron chi connectivity index (χ1n) is 12.9. The van der Waals surface area contributed by atoms with Gasteiger partial charge in [-0.3, -0.25) is 0 Å². The van der Waals surface area contributed by atoms with E-state index in [2.05, 4.69) is 36.3 Å². The van der Waals surface area contributed by atoms with Crippen LogP contribution >= 0.6 is 27.5 Å². The van der Waals surface area contributed by atoms with Crippen LogP contribution in [0.25, 0.3) is 0 Å². The van der Waals surface area contributed by atoms with E-state index < -0.39 is 0 Å². The predicted molar refractivity (Wildman–Crippen MR) is 153 cm³/mol. The molecule has 2 aliphatic rings. The van der Waals surface area contributed by atoms with E-state index in [0.29, 0.717) is 17.6 Å². The molecule has 3 heterocycles. The number of ether oxygens (including phenoxy) is 1. The van der Waals surface area contributed by atoms with Gasteiger partial charge in [-0.2, -0.15) is 20.1 Å². The summed E-state index contributed by atoms with van der Waals surface area (Å²) in [7, 11) is 0. The first-order chi connectivity index (χ1) is 18.1. The van der Waals surface area contributed by atoms with Crippen molar-refractivity contribution >= 4 is 51.6 Å². The van der Waals surface area contributed by atoms with Gasteiger partial charge in [-0.15, -0.1) is 0 Å². The molecule has 8 nitrogen and oxygen atoms in total. The van der Waals surface area contributed by atoms with Gasteiger partial charge in [0, 0.05) is 41.2 Å². The second-order valence-corrected chi connectivity index (χ2v) is 10.7. The van der Waals surface area contributed by atoms with Crippen LogP contribution in [0.2, 0.25) is 5.02 Å². The molecule has 0 aliphatic carbocycles. The first-order valence-corrected chi connectivity index (χ1v) is 14.0. The van der Waals surface area contributed by atoms with E-state index in [0.717, 1.165) is 85.1 Å². The van der Waals surface area contributed by atoms with Gasteiger partial charge in [0.05, 0.1) is 6.21 Å². The number of piperidine rings is 2. The topological polar surface area (TPSA) is 78.8 Å². The van der Waals surface area contributed by atoms with Crippen LogP contribution in [-0.2, 0) is 6.61 Å². The minimum absolute atomic E-state index is 0.429. The van der Waals surface area contributed by atoms with Gasteiger partial charge < -0.3 is 14.5 Å². The quantitative estimate of drug-likeness (QED) is 0.246. The molecule has 2 saturated heterocycles. The Morgan fingerprint density at radius 1 is 0.865 bits per heavy atom. The molecule has 0 bridgehead atoms. The molecule has 2 aromatic carbocycles. The Kier molecular flexibility index (Phi) is 8.73. The second kappa shape index (κ2) is 12.6. The summed E-state index contributed by atoms with van der Waals surface area (Å²) in [6.07, 6.45) is 8.88. The summed E-state index contributed by atoms with van der Waals surface area (Å²) in [4.78, 5) is 18.8. The fourth-order valence-electron chi connectivity index (χ4n) is 4.53. The summed E-state index contributed by atoms with van der Waals surface area (Å²) in [5, 5.41) is 5.17. The molecule has 0 unspecified atom stereocenters. The van der Waals surface area contributed by atoms with Crippen LogP contribution in [0.3, 0.4) is 0 Å². The van der Waals surface area contributed by atoms with Crippen molar-refractivity contribution in [3.05, 3.63) is 63.1 Å². The summed E-state index contributed by atoms with van der Waals surface area (Å²) >= 11 is 9.55. The van der Waals surface area contributed by atoms with E-state index >= 15 is 0 Å². The first kappa shape index (κ1) is 25.7. The SMILES string of the molecule is Clc1ccc(COc2ccc(Br)cc2/C=N/Nc2nc(N3CCCCC3)nc(N3CCCCC3)n2)cc1. The molecule has 10 heteroatoms. The number of aromatic nitrogens is 3. The van der Waals surface area contributed by atoms with Crippen molar-refractivity contribution in [1.82, 2.24) is 15.0 Å². The molecule has 194 valence electrons. The van der Waals surface area contributed by atoms with Crippen LogP contribution in [-0.4, -0.2) is 47.3 Å². The minimum atomic E-state index is 0.429. The van der Waals surface area contributed by atoms with Gasteiger partial charge in [0.1, 0.15) is 12.4 Å². The normalized spacial score (nSPS) is 16.3. The summed E-state index contributed by atoms with van der Waals surface area (Å²) < 4.78 is 7.02. The average molecular weight is 585 g/mol. The van der Waals surface area contributed by atoms with Crippen LogP contribution in [0.4, 0.5) is 17.8 Å². The van der Waals surface area contributed by atoms with Crippen LogP contribution < -0.4 is 20.0 Å². The predicted octanol–water partition coefficient (Wildman–Crippen LogP) is 6.29. The van der Waals surface area contributed by atoms with Crippen molar-refractivity contribution in [2.24, 2.45) is 5.10 Å². The number of nitrogens with one attached hydrogen (secondary N) is 1. The van der Waals surface area contributed by atoms with Gasteiger partial charge in [-0.1, -0.05) is 39.7 Å². The molecule has 1 N–H and O–H groups in total. The van der Waals surface area contributed by atoms with E-state index in [1.807, 2.05) is 42.5 Å². The molecular formula is C27H31BrClN7O. The van der Waals surface area contributed by atoms with Crippen LogP contribution in [0.5, 0.6) is 5.75 Å². The Bertz CT molecular complexity index is 1180. The highest BCUT2D eigenvalue weighted by atomic mass is 79.9. The summed E-state index contributed by atoms with van der Waals surface area (Å²) in [5.74, 6) is 2.62. The number of hydrogen-bond acceptors (Lipinski definition) is 8. The maximum atomic E-state index is 6.08. The van der Waals surface area contributed by atoms with E-state index in [1.165, 1.54) is 12.8 Å². The van der Waals surface area contributed by atoms with Crippen molar-refractivity contribution in [2.45, 2.75) is 45.1 Å². The third-order valence-corrected chi connectivity index (χ3v) is 7.28. The number of rotatable bonds is 8. The van der Waals surface area contributed by atoms with E-state index in [1.54, 1.807) is 6.21 Å². The largest absolute Gasteiger partial charge is 0.488 e. The highest BCUT2D eigenvalue weighted by molar-refractivity contribution is 9.10. The third-order valence-electron chi connectivity index (χ3n) is 6.54. The molecule has 0 radical (unpaired) electrons. The van der Waals surface area contributed by atoms with Crippen molar-refractivity contribution in [1.29, 1.82) is 0 Å². The maximum absolute atomic E-state index is 6.08. The van der Waals surface area contributed by atoms with Gasteiger partial charge >= 0.3 is 0 Å². The van der Waals surface area contributed by atoms with Crippen molar-refractivity contribution in [3.8, 4) is 5.75 Å². The molecule has 37 heavy (non-hydrogen) atoms. The Morgan fingerprint density at radius 3 is 2.11 bits per heavy atom. The number of benzene rings is 2. The van der Waals surface area contributed by atoms with E-state index in [4.69, 9.17) is 31.3 Å². The monoisotopic (exact) mass is 583 g/mol. The fourth-order valence-corrected chi connectivity index (χ4v) is 5.03. The minimum Gasteiger partial charge on any atom is -0.488 e. The Morgan fingerprint density at radius 2 is 1.49 bits per heavy atom. The second-order valence-electron chi connectivity index (χ2n) is 9.32. The molecule has 0 saturated carbocycles. The molecular weight excluding hydrogens is 554 g/mol. The standard InChI is InChI=1S/C27H31BrClN7O/c28-22-9-12-24(37-19-20-7-10-23(29)11-8-20)21(17-22)18-30-34-25-31-26(35-13-3-1-4-14-35)33-27(32-25)36-15-5-2-6-16-36/h7-12,17-18H,1-6,13-16,19H2,(H,31,32,33,34)/b30-18+. The van der Waals surface area contributed by atoms with Crippen molar-refractivity contribution in [3.63, 3.8) is 0 Å². The Hall–Kier alpha value is -2.91. The molecule has 5 rings (SSSR count). The van der Waals surface area contributed by atoms with Gasteiger partial charge in [0.2, 0.25) is 17.8 Å². The van der Waals surface area contributed by atoms with Gasteiger partial charge in [-0.25, -0.2) is 5.43 Å². The smallest absolute Gasteiger partial charge is 0.250 e. The number of hydrogen-bond donors (Lipinski definition) is 1. The zero-order chi connectivity index (χ0) is 25.5. The maximum Gasteiger partial charge on any atom is 0.250 e.